The molecule has 2 fully saturated rings. The first-order valence-corrected chi connectivity index (χ1v) is 7.28. The van der Waals surface area contributed by atoms with Crippen LogP contribution in [0.2, 0.25) is 0 Å². The molecule has 1 N–H and O–H groups in total. The summed E-state index contributed by atoms with van der Waals surface area (Å²) in [6, 6.07) is 8.18. The zero-order valence-electron chi connectivity index (χ0n) is 11.7. The Kier molecular flexibility index (Phi) is 3.76. The molecule has 0 radical (unpaired) electrons. The van der Waals surface area contributed by atoms with Gasteiger partial charge >= 0.3 is 0 Å². The summed E-state index contributed by atoms with van der Waals surface area (Å²) in [5.74, 6) is 0.927. The topological polar surface area (TPSA) is 30.5 Å². The molecule has 104 valence electrons. The first-order valence-electron chi connectivity index (χ1n) is 7.28. The Morgan fingerprint density at radius 2 is 2.05 bits per heavy atom. The molecule has 3 rings (SSSR count). The van der Waals surface area contributed by atoms with Crippen molar-refractivity contribution < 1.29 is 9.47 Å². The molecule has 1 aromatic carbocycles. The van der Waals surface area contributed by atoms with E-state index >= 15 is 0 Å². The van der Waals surface area contributed by atoms with Gasteiger partial charge in [0.2, 0.25) is 0 Å². The molecule has 0 bridgehead atoms. The van der Waals surface area contributed by atoms with Gasteiger partial charge in [-0.1, -0.05) is 31.0 Å². The minimum absolute atomic E-state index is 0.108. The third-order valence-electron chi connectivity index (χ3n) is 4.57. The summed E-state index contributed by atoms with van der Waals surface area (Å²) in [6.07, 6.45) is 5.42. The molecule has 3 nitrogen and oxygen atoms in total. The van der Waals surface area contributed by atoms with Crippen LogP contribution in [0.4, 0.5) is 0 Å². The molecule has 1 aliphatic carbocycles. The maximum Gasteiger partial charge on any atom is 0.124 e. The largest absolute Gasteiger partial charge is 0.496 e. The SMILES string of the molecule is COc1ccccc1C1CNCC2(CCCC2)CO1. The van der Waals surface area contributed by atoms with Crippen molar-refractivity contribution >= 4 is 0 Å². The van der Waals surface area contributed by atoms with E-state index in [0.717, 1.165) is 31.0 Å². The van der Waals surface area contributed by atoms with Gasteiger partial charge in [-0.05, 0) is 18.9 Å². The Balaban J connectivity index is 1.75. The fourth-order valence-corrected chi connectivity index (χ4v) is 3.43. The van der Waals surface area contributed by atoms with Crippen LogP contribution >= 0.6 is 0 Å². The van der Waals surface area contributed by atoms with Crippen LogP contribution in [0, 0.1) is 5.41 Å². The summed E-state index contributed by atoms with van der Waals surface area (Å²) in [6.45, 7) is 2.85. The van der Waals surface area contributed by atoms with Gasteiger partial charge in [0.15, 0.2) is 0 Å². The van der Waals surface area contributed by atoms with Gasteiger partial charge in [0.05, 0.1) is 19.8 Å². The fourth-order valence-electron chi connectivity index (χ4n) is 3.43. The Labute approximate surface area is 115 Å². The molecule has 1 atom stereocenters. The number of methoxy groups -OCH3 is 1. The van der Waals surface area contributed by atoms with Crippen molar-refractivity contribution in [2.24, 2.45) is 5.41 Å². The molecule has 2 aliphatic rings. The Hall–Kier alpha value is -1.06. The van der Waals surface area contributed by atoms with Crippen LogP contribution in [0.5, 0.6) is 5.75 Å². The molecule has 1 aromatic rings. The molecular formula is C16H23NO2. The third kappa shape index (κ3) is 2.63. The standard InChI is InChI=1S/C16H23NO2/c1-18-14-7-3-2-6-13(14)15-10-17-11-16(12-19-15)8-4-5-9-16/h2-3,6-7,15,17H,4-5,8-12H2,1H3. The average Bonchev–Trinajstić information content (AvgIpc) is 2.81. The Morgan fingerprint density at radius 1 is 1.26 bits per heavy atom. The molecule has 1 aliphatic heterocycles. The molecule has 1 spiro atoms. The quantitative estimate of drug-likeness (QED) is 0.888. The van der Waals surface area contributed by atoms with Crippen molar-refractivity contribution in [3.8, 4) is 5.75 Å². The smallest absolute Gasteiger partial charge is 0.124 e. The molecule has 19 heavy (non-hydrogen) atoms. The van der Waals surface area contributed by atoms with Crippen LogP contribution < -0.4 is 10.1 Å². The van der Waals surface area contributed by atoms with Gasteiger partial charge in [0.1, 0.15) is 5.75 Å². The zero-order chi connectivity index (χ0) is 13.1. The van der Waals surface area contributed by atoms with E-state index in [1.165, 1.54) is 25.7 Å². The predicted octanol–water partition coefficient (Wildman–Crippen LogP) is 2.92. The second-order valence-corrected chi connectivity index (χ2v) is 5.88. The van der Waals surface area contributed by atoms with Crippen LogP contribution in [-0.4, -0.2) is 26.8 Å². The summed E-state index contributed by atoms with van der Waals surface area (Å²) in [5.41, 5.74) is 1.55. The lowest BCUT2D eigenvalue weighted by Crippen LogP contribution is -2.32. The normalized spacial score (nSPS) is 26.3. The van der Waals surface area contributed by atoms with Gasteiger partial charge in [-0.3, -0.25) is 0 Å². The van der Waals surface area contributed by atoms with Gasteiger partial charge in [0, 0.05) is 24.1 Å². The number of benzene rings is 1. The van der Waals surface area contributed by atoms with E-state index in [0.29, 0.717) is 5.41 Å². The van der Waals surface area contributed by atoms with Crippen molar-refractivity contribution in [3.63, 3.8) is 0 Å². The lowest BCUT2D eigenvalue weighted by atomic mass is 9.87. The van der Waals surface area contributed by atoms with E-state index in [9.17, 15) is 0 Å². The third-order valence-corrected chi connectivity index (χ3v) is 4.57. The van der Waals surface area contributed by atoms with Crippen molar-refractivity contribution in [2.45, 2.75) is 31.8 Å². The minimum Gasteiger partial charge on any atom is -0.496 e. The lowest BCUT2D eigenvalue weighted by Gasteiger charge is -2.26. The van der Waals surface area contributed by atoms with Crippen LogP contribution in [0.25, 0.3) is 0 Å². The Morgan fingerprint density at radius 3 is 2.84 bits per heavy atom. The first-order chi connectivity index (χ1) is 9.33. The lowest BCUT2D eigenvalue weighted by molar-refractivity contribution is 0.0147. The number of nitrogens with one attached hydrogen (secondary N) is 1. The molecule has 1 saturated heterocycles. The maximum atomic E-state index is 6.23. The molecule has 1 heterocycles. The average molecular weight is 261 g/mol. The first kappa shape index (κ1) is 12.9. The maximum absolute atomic E-state index is 6.23. The van der Waals surface area contributed by atoms with E-state index in [1.54, 1.807) is 7.11 Å². The van der Waals surface area contributed by atoms with E-state index in [4.69, 9.17) is 9.47 Å². The molecule has 1 saturated carbocycles. The van der Waals surface area contributed by atoms with Gasteiger partial charge in [-0.25, -0.2) is 0 Å². The van der Waals surface area contributed by atoms with Crippen molar-refractivity contribution in [3.05, 3.63) is 29.8 Å². The molecule has 3 heteroatoms. The van der Waals surface area contributed by atoms with Crippen molar-refractivity contribution in [2.75, 3.05) is 26.8 Å². The minimum atomic E-state index is 0.108. The van der Waals surface area contributed by atoms with Crippen molar-refractivity contribution in [1.82, 2.24) is 5.32 Å². The monoisotopic (exact) mass is 261 g/mol. The van der Waals surface area contributed by atoms with Crippen LogP contribution in [-0.2, 0) is 4.74 Å². The van der Waals surface area contributed by atoms with Gasteiger partial charge in [-0.15, -0.1) is 0 Å². The predicted molar refractivity (Wildman–Crippen MR) is 75.5 cm³/mol. The summed E-state index contributed by atoms with van der Waals surface area (Å²) < 4.78 is 11.7. The highest BCUT2D eigenvalue weighted by Crippen LogP contribution is 2.40. The summed E-state index contributed by atoms with van der Waals surface area (Å²) in [7, 11) is 1.72. The molecule has 1 unspecified atom stereocenters. The van der Waals surface area contributed by atoms with E-state index in [2.05, 4.69) is 17.4 Å². The van der Waals surface area contributed by atoms with Gasteiger partial charge in [0.25, 0.3) is 0 Å². The molecular weight excluding hydrogens is 238 g/mol. The number of para-hydroxylation sites is 1. The van der Waals surface area contributed by atoms with Gasteiger partial charge in [-0.2, -0.15) is 0 Å². The number of rotatable bonds is 2. The van der Waals surface area contributed by atoms with Crippen LogP contribution in [0.15, 0.2) is 24.3 Å². The highest BCUT2D eigenvalue weighted by molar-refractivity contribution is 5.35. The zero-order valence-corrected chi connectivity index (χ0v) is 11.7. The Bertz CT molecular complexity index is 427. The fraction of sp³-hybridized carbons (Fsp3) is 0.625. The second-order valence-electron chi connectivity index (χ2n) is 5.88. The number of hydrogen-bond acceptors (Lipinski definition) is 3. The van der Waals surface area contributed by atoms with Crippen LogP contribution in [0.3, 0.4) is 0 Å². The summed E-state index contributed by atoms with van der Waals surface area (Å²) >= 11 is 0. The van der Waals surface area contributed by atoms with E-state index in [-0.39, 0.29) is 6.10 Å². The van der Waals surface area contributed by atoms with Crippen LogP contribution in [0.1, 0.15) is 37.4 Å². The van der Waals surface area contributed by atoms with Gasteiger partial charge < -0.3 is 14.8 Å². The number of hydrogen-bond donors (Lipinski definition) is 1. The van der Waals surface area contributed by atoms with E-state index in [1.807, 2.05) is 12.1 Å². The highest BCUT2D eigenvalue weighted by Gasteiger charge is 2.37. The second kappa shape index (κ2) is 5.51. The highest BCUT2D eigenvalue weighted by atomic mass is 16.5. The summed E-state index contributed by atoms with van der Waals surface area (Å²) in [4.78, 5) is 0. The van der Waals surface area contributed by atoms with E-state index < -0.39 is 0 Å². The number of ether oxygens (including phenoxy) is 2. The molecule has 0 amide bonds. The van der Waals surface area contributed by atoms with Crippen molar-refractivity contribution in [1.29, 1.82) is 0 Å². The summed E-state index contributed by atoms with van der Waals surface area (Å²) in [5, 5.41) is 3.60. The molecule has 0 aromatic heterocycles.